The number of esters is 1. The molecule has 0 spiro atoms. The number of aromatic hydroxyl groups is 1. The number of amides is 1. The van der Waals surface area contributed by atoms with E-state index in [1.807, 2.05) is 13.8 Å². The summed E-state index contributed by atoms with van der Waals surface area (Å²) in [6, 6.07) is 7.98. The quantitative estimate of drug-likeness (QED) is 0.322. The molecule has 2 aromatic rings. The molecule has 0 aromatic heterocycles. The van der Waals surface area contributed by atoms with Crippen LogP contribution in [0.25, 0.3) is 0 Å². The summed E-state index contributed by atoms with van der Waals surface area (Å²) in [5.41, 5.74) is -0.508. The fourth-order valence-corrected chi connectivity index (χ4v) is 2.29. The molecule has 9 nitrogen and oxygen atoms in total. The molecule has 9 heteroatoms. The predicted octanol–water partition coefficient (Wildman–Crippen LogP) is 3.37. The van der Waals surface area contributed by atoms with Crippen molar-refractivity contribution in [3.63, 3.8) is 0 Å². The number of nitro benzene ring substituents is 1. The second-order valence-corrected chi connectivity index (χ2v) is 6.29. The third-order valence-corrected chi connectivity index (χ3v) is 3.68. The van der Waals surface area contributed by atoms with Crippen molar-refractivity contribution in [3.8, 4) is 11.5 Å². The maximum absolute atomic E-state index is 12.5. The van der Waals surface area contributed by atoms with Gasteiger partial charge in [-0.2, -0.15) is 0 Å². The number of ether oxygens (including phenoxy) is 2. The van der Waals surface area contributed by atoms with Crippen molar-refractivity contribution in [3.05, 3.63) is 57.6 Å². The first kappa shape index (κ1) is 20.7. The molecular formula is C19H20N2O7. The zero-order valence-electron chi connectivity index (χ0n) is 15.6. The van der Waals surface area contributed by atoms with Gasteiger partial charge in [-0.05, 0) is 30.2 Å². The number of hydrogen-bond donors (Lipinski definition) is 2. The number of nitrogens with zero attached hydrogens (tertiary/aromatic N) is 1. The van der Waals surface area contributed by atoms with Gasteiger partial charge in [0.15, 0.2) is 11.5 Å². The van der Waals surface area contributed by atoms with E-state index in [9.17, 15) is 24.8 Å². The highest BCUT2D eigenvalue weighted by atomic mass is 16.6. The van der Waals surface area contributed by atoms with Gasteiger partial charge in [0.05, 0.1) is 24.3 Å². The molecule has 0 aliphatic heterocycles. The summed E-state index contributed by atoms with van der Waals surface area (Å²) in [5, 5.41) is 23.9. The summed E-state index contributed by atoms with van der Waals surface area (Å²) in [5.74, 6) is -1.70. The van der Waals surface area contributed by atoms with Gasteiger partial charge in [0.2, 0.25) is 0 Å². The highest BCUT2D eigenvalue weighted by Crippen LogP contribution is 2.31. The highest BCUT2D eigenvalue weighted by molar-refractivity contribution is 6.06. The molecule has 0 unspecified atom stereocenters. The van der Waals surface area contributed by atoms with Gasteiger partial charge in [0, 0.05) is 11.6 Å². The fraction of sp³-hybridized carbons (Fsp3) is 0.263. The lowest BCUT2D eigenvalue weighted by Crippen LogP contribution is -2.14. The lowest BCUT2D eigenvalue weighted by molar-refractivity contribution is -0.385. The van der Waals surface area contributed by atoms with Crippen LogP contribution in [-0.4, -0.2) is 35.6 Å². The number of nitrogens with one attached hydrogen (secondary N) is 1. The van der Waals surface area contributed by atoms with Crippen molar-refractivity contribution in [2.24, 2.45) is 5.92 Å². The molecule has 148 valence electrons. The SMILES string of the molecule is COC(=O)c1cccc(NC(=O)c2ccc(OCC(C)C)c([N+](=O)[O-])c2)c1O. The Hall–Kier alpha value is -3.62. The first-order chi connectivity index (χ1) is 13.2. The molecule has 0 fully saturated rings. The van der Waals surface area contributed by atoms with E-state index in [0.717, 1.165) is 13.2 Å². The third-order valence-electron chi connectivity index (χ3n) is 3.68. The summed E-state index contributed by atoms with van der Waals surface area (Å²) < 4.78 is 9.98. The summed E-state index contributed by atoms with van der Waals surface area (Å²) in [6.07, 6.45) is 0. The molecular weight excluding hydrogens is 368 g/mol. The van der Waals surface area contributed by atoms with Crippen molar-refractivity contribution in [2.75, 3.05) is 19.0 Å². The average molecular weight is 388 g/mol. The minimum absolute atomic E-state index is 0.00790. The van der Waals surface area contributed by atoms with Crippen molar-refractivity contribution in [1.29, 1.82) is 0 Å². The maximum Gasteiger partial charge on any atom is 0.341 e. The third kappa shape index (κ3) is 4.76. The largest absolute Gasteiger partial charge is 0.505 e. The van der Waals surface area contributed by atoms with Crippen LogP contribution in [0.3, 0.4) is 0 Å². The number of phenolic OH excluding ortho intramolecular Hbond substituents is 1. The molecule has 28 heavy (non-hydrogen) atoms. The van der Waals surface area contributed by atoms with E-state index in [-0.39, 0.29) is 34.2 Å². The zero-order chi connectivity index (χ0) is 20.8. The van der Waals surface area contributed by atoms with E-state index in [1.54, 1.807) is 0 Å². The minimum atomic E-state index is -0.768. The van der Waals surface area contributed by atoms with Gasteiger partial charge in [-0.15, -0.1) is 0 Å². The normalized spacial score (nSPS) is 10.4. The van der Waals surface area contributed by atoms with Crippen molar-refractivity contribution < 1.29 is 29.1 Å². The Balaban J connectivity index is 2.29. The molecule has 0 atom stereocenters. The number of benzene rings is 2. The van der Waals surface area contributed by atoms with E-state index in [0.29, 0.717) is 6.61 Å². The van der Waals surface area contributed by atoms with E-state index in [1.165, 1.54) is 30.3 Å². The number of phenols is 1. The number of hydrogen-bond acceptors (Lipinski definition) is 7. The van der Waals surface area contributed by atoms with Crippen molar-refractivity contribution in [2.45, 2.75) is 13.8 Å². The van der Waals surface area contributed by atoms with Crippen LogP contribution in [-0.2, 0) is 4.74 Å². The Kier molecular flexibility index (Phi) is 6.54. The van der Waals surface area contributed by atoms with Crippen LogP contribution in [0.5, 0.6) is 11.5 Å². The molecule has 0 heterocycles. The van der Waals surface area contributed by atoms with Crippen LogP contribution in [0.1, 0.15) is 34.6 Å². The van der Waals surface area contributed by atoms with Crippen molar-refractivity contribution in [1.82, 2.24) is 0 Å². The highest BCUT2D eigenvalue weighted by Gasteiger charge is 2.21. The number of rotatable bonds is 7. The van der Waals surface area contributed by atoms with Gasteiger partial charge in [0.1, 0.15) is 5.56 Å². The van der Waals surface area contributed by atoms with Gasteiger partial charge < -0.3 is 19.9 Å². The number of methoxy groups -OCH3 is 1. The summed E-state index contributed by atoms with van der Waals surface area (Å²) >= 11 is 0. The molecule has 0 aliphatic carbocycles. The standard InChI is InChI=1S/C19H20N2O7/c1-11(2)10-28-16-8-7-12(9-15(16)21(25)26)18(23)20-14-6-4-5-13(17(14)22)19(24)27-3/h4-9,11,22H,10H2,1-3H3,(H,20,23). The molecule has 0 bridgehead atoms. The van der Waals surface area contributed by atoms with Gasteiger partial charge >= 0.3 is 11.7 Å². The van der Waals surface area contributed by atoms with Gasteiger partial charge in [0.25, 0.3) is 5.91 Å². The zero-order valence-corrected chi connectivity index (χ0v) is 15.6. The molecule has 2 rings (SSSR count). The Labute approximate surface area is 161 Å². The van der Waals surface area contributed by atoms with Crippen LogP contribution < -0.4 is 10.1 Å². The Morgan fingerprint density at radius 2 is 1.96 bits per heavy atom. The first-order valence-electron chi connectivity index (χ1n) is 8.37. The van der Waals surface area contributed by atoms with Crippen molar-refractivity contribution >= 4 is 23.3 Å². The lowest BCUT2D eigenvalue weighted by atomic mass is 10.1. The van der Waals surface area contributed by atoms with E-state index in [2.05, 4.69) is 10.1 Å². The molecule has 0 saturated carbocycles. The fourth-order valence-electron chi connectivity index (χ4n) is 2.29. The van der Waals surface area contributed by atoms with Crippen LogP contribution in [0.4, 0.5) is 11.4 Å². The number of anilines is 1. The van der Waals surface area contributed by atoms with Crippen LogP contribution in [0.2, 0.25) is 0 Å². The Morgan fingerprint density at radius 3 is 2.57 bits per heavy atom. The number of para-hydroxylation sites is 1. The predicted molar refractivity (Wildman–Crippen MR) is 101 cm³/mol. The van der Waals surface area contributed by atoms with E-state index >= 15 is 0 Å². The molecule has 0 radical (unpaired) electrons. The van der Waals surface area contributed by atoms with Crippen LogP contribution in [0, 0.1) is 16.0 Å². The number of nitro groups is 1. The average Bonchev–Trinajstić information content (AvgIpc) is 2.67. The summed E-state index contributed by atoms with van der Waals surface area (Å²) in [4.78, 5) is 34.8. The summed E-state index contributed by atoms with van der Waals surface area (Å²) in [6.45, 7) is 4.10. The first-order valence-corrected chi connectivity index (χ1v) is 8.37. The van der Waals surface area contributed by atoms with E-state index in [4.69, 9.17) is 4.74 Å². The maximum atomic E-state index is 12.5. The summed E-state index contributed by atoms with van der Waals surface area (Å²) in [7, 11) is 1.16. The smallest absolute Gasteiger partial charge is 0.341 e. The second-order valence-electron chi connectivity index (χ2n) is 6.29. The Morgan fingerprint density at radius 1 is 1.25 bits per heavy atom. The molecule has 2 N–H and O–H groups in total. The minimum Gasteiger partial charge on any atom is -0.505 e. The molecule has 2 aromatic carbocycles. The molecule has 0 saturated heterocycles. The topological polar surface area (TPSA) is 128 Å². The van der Waals surface area contributed by atoms with Gasteiger partial charge in [-0.3, -0.25) is 14.9 Å². The molecule has 1 amide bonds. The van der Waals surface area contributed by atoms with Crippen LogP contribution in [0.15, 0.2) is 36.4 Å². The van der Waals surface area contributed by atoms with E-state index < -0.39 is 22.5 Å². The lowest BCUT2D eigenvalue weighted by Gasteiger charge is -2.12. The van der Waals surface area contributed by atoms with Gasteiger partial charge in [-0.1, -0.05) is 19.9 Å². The second kappa shape index (κ2) is 8.85. The monoisotopic (exact) mass is 388 g/mol. The number of carbonyl (C=O) groups is 2. The van der Waals surface area contributed by atoms with Gasteiger partial charge in [-0.25, -0.2) is 4.79 Å². The van der Waals surface area contributed by atoms with Crippen LogP contribution >= 0.6 is 0 Å². The molecule has 0 aliphatic rings. The number of carbonyl (C=O) groups excluding carboxylic acids is 2. The Bertz CT molecular complexity index is 909.